The zero-order valence-corrected chi connectivity index (χ0v) is 14.7. The number of benzene rings is 2. The van der Waals surface area contributed by atoms with E-state index in [0.717, 1.165) is 9.13 Å². The summed E-state index contributed by atoms with van der Waals surface area (Å²) in [7, 11) is 0. The van der Waals surface area contributed by atoms with Crippen molar-refractivity contribution in [3.63, 3.8) is 0 Å². The predicted octanol–water partition coefficient (Wildman–Crippen LogP) is 3.16. The van der Waals surface area contributed by atoms with Gasteiger partial charge in [0.25, 0.3) is 5.91 Å². The van der Waals surface area contributed by atoms with Gasteiger partial charge in [0.1, 0.15) is 5.75 Å². The highest BCUT2D eigenvalue weighted by Crippen LogP contribution is 2.14. The van der Waals surface area contributed by atoms with Crippen LogP contribution in [-0.4, -0.2) is 25.1 Å². The maximum Gasteiger partial charge on any atom is 0.344 e. The number of hydrogen-bond donors (Lipinski definition) is 1. The number of para-hydroxylation sites is 1. The van der Waals surface area contributed by atoms with Crippen molar-refractivity contribution < 1.29 is 19.1 Å². The number of nitrogens with one attached hydrogen (secondary N) is 1. The Hall–Kier alpha value is -2.09. The zero-order valence-electron chi connectivity index (χ0n) is 12.5. The maximum atomic E-state index is 11.8. The third kappa shape index (κ3) is 5.90. The van der Waals surface area contributed by atoms with Crippen molar-refractivity contribution >= 4 is 40.2 Å². The SMILES string of the molecule is Cc1ccccc1NC(=O)COC(=O)COc1ccc(I)cc1. The third-order valence-corrected chi connectivity index (χ3v) is 3.67. The van der Waals surface area contributed by atoms with E-state index in [9.17, 15) is 9.59 Å². The van der Waals surface area contributed by atoms with Gasteiger partial charge in [-0.15, -0.1) is 0 Å². The van der Waals surface area contributed by atoms with Gasteiger partial charge in [-0.25, -0.2) is 4.79 Å². The second-order valence-corrected chi connectivity index (χ2v) is 6.01. The van der Waals surface area contributed by atoms with E-state index in [-0.39, 0.29) is 19.1 Å². The van der Waals surface area contributed by atoms with E-state index in [2.05, 4.69) is 27.9 Å². The number of esters is 1. The van der Waals surface area contributed by atoms with Gasteiger partial charge in [-0.05, 0) is 65.4 Å². The van der Waals surface area contributed by atoms with Crippen LogP contribution in [0.25, 0.3) is 0 Å². The minimum absolute atomic E-state index is 0.238. The van der Waals surface area contributed by atoms with Gasteiger partial charge in [0.05, 0.1) is 0 Å². The largest absolute Gasteiger partial charge is 0.482 e. The summed E-state index contributed by atoms with van der Waals surface area (Å²) in [6, 6.07) is 14.6. The number of rotatable bonds is 6. The van der Waals surface area contributed by atoms with Crippen LogP contribution in [0.15, 0.2) is 48.5 Å². The van der Waals surface area contributed by atoms with Crippen LogP contribution in [0.4, 0.5) is 5.69 Å². The maximum absolute atomic E-state index is 11.8. The molecule has 1 amide bonds. The summed E-state index contributed by atoms with van der Waals surface area (Å²) in [5, 5.41) is 2.69. The highest BCUT2D eigenvalue weighted by atomic mass is 127. The molecule has 0 aliphatic heterocycles. The molecule has 23 heavy (non-hydrogen) atoms. The molecule has 0 aromatic heterocycles. The van der Waals surface area contributed by atoms with E-state index in [1.807, 2.05) is 37.3 Å². The Morgan fingerprint density at radius 3 is 2.43 bits per heavy atom. The van der Waals surface area contributed by atoms with Crippen LogP contribution >= 0.6 is 22.6 Å². The second-order valence-electron chi connectivity index (χ2n) is 4.77. The highest BCUT2D eigenvalue weighted by Gasteiger charge is 2.09. The molecule has 0 saturated carbocycles. The number of carbonyl (C=O) groups excluding carboxylic acids is 2. The van der Waals surface area contributed by atoms with Crippen LogP contribution in [0.3, 0.4) is 0 Å². The summed E-state index contributed by atoms with van der Waals surface area (Å²) in [5.41, 5.74) is 1.64. The van der Waals surface area contributed by atoms with Crippen molar-refractivity contribution in [3.05, 3.63) is 57.7 Å². The minimum Gasteiger partial charge on any atom is -0.482 e. The van der Waals surface area contributed by atoms with Crippen LogP contribution in [0.2, 0.25) is 0 Å². The van der Waals surface area contributed by atoms with Gasteiger partial charge in [-0.3, -0.25) is 4.79 Å². The molecule has 0 atom stereocenters. The smallest absolute Gasteiger partial charge is 0.344 e. The first-order valence-corrected chi connectivity index (χ1v) is 8.02. The Labute approximate surface area is 148 Å². The van der Waals surface area contributed by atoms with E-state index in [1.54, 1.807) is 18.2 Å². The highest BCUT2D eigenvalue weighted by molar-refractivity contribution is 14.1. The molecular weight excluding hydrogens is 409 g/mol. The first kappa shape index (κ1) is 17.3. The fraction of sp³-hybridized carbons (Fsp3) is 0.176. The van der Waals surface area contributed by atoms with Crippen molar-refractivity contribution in [1.82, 2.24) is 0 Å². The fourth-order valence-corrected chi connectivity index (χ4v) is 2.12. The average molecular weight is 425 g/mol. The number of amides is 1. The Balaban J connectivity index is 1.72. The van der Waals surface area contributed by atoms with Crippen molar-refractivity contribution in [2.24, 2.45) is 0 Å². The molecule has 2 aromatic rings. The molecule has 0 spiro atoms. The molecular formula is C17H16INO4. The van der Waals surface area contributed by atoms with Crippen molar-refractivity contribution in [2.75, 3.05) is 18.5 Å². The lowest BCUT2D eigenvalue weighted by molar-refractivity contribution is -0.149. The van der Waals surface area contributed by atoms with E-state index in [0.29, 0.717) is 11.4 Å². The Morgan fingerprint density at radius 1 is 1.04 bits per heavy atom. The summed E-state index contributed by atoms with van der Waals surface area (Å²) in [4.78, 5) is 23.3. The lowest BCUT2D eigenvalue weighted by Crippen LogP contribution is -2.23. The van der Waals surface area contributed by atoms with Crippen molar-refractivity contribution in [2.45, 2.75) is 6.92 Å². The normalized spacial score (nSPS) is 10.0. The molecule has 120 valence electrons. The quantitative estimate of drug-likeness (QED) is 0.571. The van der Waals surface area contributed by atoms with Gasteiger partial charge in [0, 0.05) is 9.26 Å². The van der Waals surface area contributed by atoms with Crippen LogP contribution in [-0.2, 0) is 14.3 Å². The van der Waals surface area contributed by atoms with E-state index in [4.69, 9.17) is 9.47 Å². The number of aryl methyl sites for hydroxylation is 1. The summed E-state index contributed by atoms with van der Waals surface area (Å²) in [6.07, 6.45) is 0. The average Bonchev–Trinajstić information content (AvgIpc) is 2.54. The first-order chi connectivity index (χ1) is 11.0. The Kier molecular flexibility index (Phi) is 6.40. The van der Waals surface area contributed by atoms with Gasteiger partial charge < -0.3 is 14.8 Å². The van der Waals surface area contributed by atoms with Crippen molar-refractivity contribution in [3.8, 4) is 5.75 Å². The lowest BCUT2D eigenvalue weighted by atomic mass is 10.2. The van der Waals surface area contributed by atoms with Gasteiger partial charge in [-0.2, -0.15) is 0 Å². The molecule has 0 unspecified atom stereocenters. The molecule has 2 aromatic carbocycles. The summed E-state index contributed by atoms with van der Waals surface area (Å²) >= 11 is 2.18. The molecule has 2 rings (SSSR count). The molecule has 0 heterocycles. The number of hydrogen-bond acceptors (Lipinski definition) is 4. The summed E-state index contributed by atoms with van der Waals surface area (Å²) in [5.74, 6) is -0.405. The number of halogens is 1. The molecule has 1 N–H and O–H groups in total. The van der Waals surface area contributed by atoms with E-state index in [1.165, 1.54) is 0 Å². The van der Waals surface area contributed by atoms with E-state index < -0.39 is 5.97 Å². The van der Waals surface area contributed by atoms with E-state index >= 15 is 0 Å². The molecule has 0 bridgehead atoms. The second kappa shape index (κ2) is 8.52. The van der Waals surface area contributed by atoms with Gasteiger partial charge in [0.2, 0.25) is 0 Å². The molecule has 0 aliphatic carbocycles. The third-order valence-electron chi connectivity index (χ3n) is 2.95. The van der Waals surface area contributed by atoms with Crippen LogP contribution in [0.5, 0.6) is 5.75 Å². The Morgan fingerprint density at radius 2 is 1.74 bits per heavy atom. The van der Waals surface area contributed by atoms with Crippen LogP contribution in [0, 0.1) is 10.5 Å². The topological polar surface area (TPSA) is 64.6 Å². The molecule has 0 aliphatic rings. The Bertz CT molecular complexity index is 685. The predicted molar refractivity (Wildman–Crippen MR) is 95.4 cm³/mol. The lowest BCUT2D eigenvalue weighted by Gasteiger charge is -2.09. The van der Waals surface area contributed by atoms with Crippen molar-refractivity contribution in [1.29, 1.82) is 0 Å². The molecule has 0 saturated heterocycles. The van der Waals surface area contributed by atoms with Gasteiger partial charge in [0.15, 0.2) is 13.2 Å². The molecule has 0 radical (unpaired) electrons. The molecule has 5 nitrogen and oxygen atoms in total. The summed E-state index contributed by atoms with van der Waals surface area (Å²) in [6.45, 7) is 1.30. The van der Waals surface area contributed by atoms with Crippen LogP contribution in [0.1, 0.15) is 5.56 Å². The number of ether oxygens (including phenoxy) is 2. The molecule has 0 fully saturated rings. The van der Waals surface area contributed by atoms with Gasteiger partial charge >= 0.3 is 5.97 Å². The standard InChI is InChI=1S/C17H16INO4/c1-12-4-2-3-5-15(12)19-16(20)10-23-17(21)11-22-14-8-6-13(18)7-9-14/h2-9H,10-11H2,1H3,(H,19,20). The van der Waals surface area contributed by atoms with Gasteiger partial charge in [-0.1, -0.05) is 18.2 Å². The fourth-order valence-electron chi connectivity index (χ4n) is 1.76. The zero-order chi connectivity index (χ0) is 16.7. The minimum atomic E-state index is -0.594. The number of anilines is 1. The van der Waals surface area contributed by atoms with Crippen LogP contribution < -0.4 is 10.1 Å². The monoisotopic (exact) mass is 425 g/mol. The number of carbonyl (C=O) groups is 2. The summed E-state index contributed by atoms with van der Waals surface area (Å²) < 4.78 is 11.2. The molecule has 6 heteroatoms. The first-order valence-electron chi connectivity index (χ1n) is 6.94.